The van der Waals surface area contributed by atoms with Crippen molar-refractivity contribution >= 4 is 40.9 Å². The van der Waals surface area contributed by atoms with Crippen molar-refractivity contribution in [3.05, 3.63) is 93.8 Å². The van der Waals surface area contributed by atoms with E-state index in [2.05, 4.69) is 10.7 Å². The molecule has 1 aliphatic rings. The number of nitro groups is 1. The third-order valence-electron chi connectivity index (χ3n) is 5.15. The zero-order valence-electron chi connectivity index (χ0n) is 19.3. The van der Waals surface area contributed by atoms with Gasteiger partial charge in [0.15, 0.2) is 12.4 Å². The van der Waals surface area contributed by atoms with Gasteiger partial charge in [0.25, 0.3) is 17.7 Å². The van der Waals surface area contributed by atoms with Gasteiger partial charge in [0, 0.05) is 11.8 Å². The van der Waals surface area contributed by atoms with E-state index in [1.807, 2.05) is 0 Å². The molecule has 2 N–H and O–H groups in total. The van der Waals surface area contributed by atoms with Gasteiger partial charge < -0.3 is 14.8 Å². The number of hydrogen-bond acceptors (Lipinski definition) is 7. The van der Waals surface area contributed by atoms with E-state index >= 15 is 0 Å². The monoisotopic (exact) mass is 506 g/mol. The lowest BCUT2D eigenvalue weighted by Gasteiger charge is -2.14. The fraction of sp³-hybridized carbons (Fsp3) is 0.0800. The van der Waals surface area contributed by atoms with Crippen molar-refractivity contribution in [1.29, 1.82) is 0 Å². The molecular formula is C25H19FN4O7. The molecule has 1 heterocycles. The van der Waals surface area contributed by atoms with Crippen LogP contribution in [-0.2, 0) is 14.4 Å². The van der Waals surface area contributed by atoms with Crippen LogP contribution in [0.4, 0.5) is 21.5 Å². The van der Waals surface area contributed by atoms with E-state index in [0.717, 1.165) is 17.1 Å². The molecule has 0 bridgehead atoms. The van der Waals surface area contributed by atoms with Crippen LogP contribution in [0.25, 0.3) is 6.08 Å². The van der Waals surface area contributed by atoms with Gasteiger partial charge in [-0.3, -0.25) is 29.9 Å². The molecular weight excluding hydrogens is 487 g/mol. The van der Waals surface area contributed by atoms with E-state index in [-0.39, 0.29) is 28.3 Å². The topological polar surface area (TPSA) is 140 Å². The van der Waals surface area contributed by atoms with Crippen molar-refractivity contribution in [2.75, 3.05) is 24.0 Å². The number of benzene rings is 3. The molecule has 3 aromatic carbocycles. The number of carbonyl (C=O) groups is 3. The summed E-state index contributed by atoms with van der Waals surface area (Å²) in [5.74, 6) is -3.02. The molecule has 1 saturated heterocycles. The highest BCUT2D eigenvalue weighted by Crippen LogP contribution is 2.39. The van der Waals surface area contributed by atoms with Gasteiger partial charge in [0.2, 0.25) is 5.75 Å². The van der Waals surface area contributed by atoms with Gasteiger partial charge in [-0.2, -0.15) is 0 Å². The molecule has 0 unspecified atom stereocenters. The Morgan fingerprint density at radius 1 is 1.14 bits per heavy atom. The number of ether oxygens (including phenoxy) is 2. The largest absolute Gasteiger partial charge is 0.493 e. The minimum Gasteiger partial charge on any atom is -0.493 e. The number of hydrogen-bond donors (Lipinski definition) is 2. The number of halogens is 1. The molecule has 0 aromatic heterocycles. The molecule has 0 aliphatic carbocycles. The zero-order chi connectivity index (χ0) is 26.5. The molecule has 3 amide bonds. The molecule has 1 fully saturated rings. The molecule has 1 aliphatic heterocycles. The van der Waals surface area contributed by atoms with Crippen molar-refractivity contribution in [2.24, 2.45) is 0 Å². The number of nitrogens with one attached hydrogen (secondary N) is 2. The summed E-state index contributed by atoms with van der Waals surface area (Å²) in [4.78, 5) is 48.5. The Labute approximate surface area is 209 Å². The Morgan fingerprint density at radius 2 is 1.89 bits per heavy atom. The van der Waals surface area contributed by atoms with Crippen LogP contribution in [-0.4, -0.2) is 36.4 Å². The molecule has 3 aromatic rings. The second kappa shape index (κ2) is 10.6. The second-order valence-corrected chi connectivity index (χ2v) is 7.65. The molecule has 12 heteroatoms. The van der Waals surface area contributed by atoms with E-state index in [9.17, 15) is 28.9 Å². The standard InChI is InChI=1S/C25H19FN4O7/c1-36-21-12-15(10-19-24(32)28-29(25(19)33)18-8-3-2-4-9-18)11-20(30(34)35)23(21)37-14-22(31)27-17-7-5-6-16(26)13-17/h2-13H,14H2,1H3,(H,27,31)(H,28,32)/b19-10-. The average molecular weight is 506 g/mol. The van der Waals surface area contributed by atoms with Crippen molar-refractivity contribution in [3.63, 3.8) is 0 Å². The van der Waals surface area contributed by atoms with Crippen LogP contribution in [0.2, 0.25) is 0 Å². The van der Waals surface area contributed by atoms with E-state index < -0.39 is 40.8 Å². The summed E-state index contributed by atoms with van der Waals surface area (Å²) in [7, 11) is 1.24. The van der Waals surface area contributed by atoms with E-state index in [1.165, 1.54) is 37.5 Å². The lowest BCUT2D eigenvalue weighted by atomic mass is 10.1. The summed E-state index contributed by atoms with van der Waals surface area (Å²) < 4.78 is 23.9. The Balaban J connectivity index is 1.58. The Kier molecular flexibility index (Phi) is 7.09. The Morgan fingerprint density at radius 3 is 2.57 bits per heavy atom. The van der Waals surface area contributed by atoms with Gasteiger partial charge in [0.1, 0.15) is 11.4 Å². The summed E-state index contributed by atoms with van der Waals surface area (Å²) >= 11 is 0. The maximum atomic E-state index is 13.3. The smallest absolute Gasteiger partial charge is 0.315 e. The quantitative estimate of drug-likeness (QED) is 0.207. The van der Waals surface area contributed by atoms with Crippen LogP contribution in [0, 0.1) is 15.9 Å². The van der Waals surface area contributed by atoms with E-state index in [0.29, 0.717) is 5.69 Å². The SMILES string of the molecule is COc1cc(/C=C2/C(=O)NN(c3ccccc3)C2=O)cc([N+](=O)[O-])c1OCC(=O)Nc1cccc(F)c1. The van der Waals surface area contributed by atoms with Crippen LogP contribution in [0.3, 0.4) is 0 Å². The second-order valence-electron chi connectivity index (χ2n) is 7.65. The van der Waals surface area contributed by atoms with Gasteiger partial charge >= 0.3 is 5.69 Å². The molecule has 0 atom stereocenters. The molecule has 11 nitrogen and oxygen atoms in total. The van der Waals surface area contributed by atoms with Crippen molar-refractivity contribution in [3.8, 4) is 11.5 Å². The number of nitro benzene ring substituents is 1. The third kappa shape index (κ3) is 5.53. The first-order chi connectivity index (χ1) is 17.8. The fourth-order valence-electron chi connectivity index (χ4n) is 3.51. The van der Waals surface area contributed by atoms with Crippen LogP contribution in [0.5, 0.6) is 11.5 Å². The first-order valence-electron chi connectivity index (χ1n) is 10.7. The third-order valence-corrected chi connectivity index (χ3v) is 5.15. The number of carbonyl (C=O) groups excluding carboxylic acids is 3. The summed E-state index contributed by atoms with van der Waals surface area (Å²) in [6, 6.07) is 16.0. The first kappa shape index (κ1) is 24.9. The molecule has 0 radical (unpaired) electrons. The number of rotatable bonds is 8. The zero-order valence-corrected chi connectivity index (χ0v) is 19.3. The Bertz CT molecular complexity index is 1430. The van der Waals surface area contributed by atoms with E-state index in [1.54, 1.807) is 30.3 Å². The number of para-hydroxylation sites is 1. The van der Waals surface area contributed by atoms with Crippen molar-refractivity contribution in [2.45, 2.75) is 0 Å². The number of anilines is 2. The minimum atomic E-state index is -0.753. The summed E-state index contributed by atoms with van der Waals surface area (Å²) in [5.41, 5.74) is 2.37. The van der Waals surface area contributed by atoms with Crippen molar-refractivity contribution in [1.82, 2.24) is 5.43 Å². The highest BCUT2D eigenvalue weighted by atomic mass is 19.1. The van der Waals surface area contributed by atoms with Gasteiger partial charge in [0.05, 0.1) is 17.7 Å². The fourth-order valence-corrected chi connectivity index (χ4v) is 3.51. The van der Waals surface area contributed by atoms with Crippen LogP contribution in [0.15, 0.2) is 72.3 Å². The van der Waals surface area contributed by atoms with Crippen LogP contribution >= 0.6 is 0 Å². The average Bonchev–Trinajstić information content (AvgIpc) is 3.16. The molecule has 0 saturated carbocycles. The first-order valence-corrected chi connectivity index (χ1v) is 10.7. The van der Waals surface area contributed by atoms with Gasteiger partial charge in [-0.15, -0.1) is 0 Å². The van der Waals surface area contributed by atoms with Crippen LogP contribution < -0.4 is 25.2 Å². The van der Waals surface area contributed by atoms with Crippen LogP contribution in [0.1, 0.15) is 5.56 Å². The lowest BCUT2D eigenvalue weighted by molar-refractivity contribution is -0.385. The lowest BCUT2D eigenvalue weighted by Crippen LogP contribution is -2.35. The number of nitrogens with zero attached hydrogens (tertiary/aromatic N) is 2. The predicted octanol–water partition coefficient (Wildman–Crippen LogP) is 3.22. The number of amides is 3. The van der Waals surface area contributed by atoms with E-state index in [4.69, 9.17) is 9.47 Å². The van der Waals surface area contributed by atoms with Gasteiger partial charge in [-0.25, -0.2) is 9.40 Å². The normalized spacial score (nSPS) is 13.9. The maximum Gasteiger partial charge on any atom is 0.315 e. The maximum absolute atomic E-state index is 13.3. The molecule has 4 rings (SSSR count). The molecule has 188 valence electrons. The van der Waals surface area contributed by atoms with Crippen molar-refractivity contribution < 1.29 is 33.2 Å². The highest BCUT2D eigenvalue weighted by Gasteiger charge is 2.35. The summed E-state index contributed by atoms with van der Waals surface area (Å²) in [6.07, 6.45) is 1.19. The minimum absolute atomic E-state index is 0.106. The van der Waals surface area contributed by atoms with Gasteiger partial charge in [-0.05, 0) is 48.0 Å². The molecule has 0 spiro atoms. The predicted molar refractivity (Wildman–Crippen MR) is 130 cm³/mol. The van der Waals surface area contributed by atoms with Gasteiger partial charge in [-0.1, -0.05) is 24.3 Å². The summed E-state index contributed by atoms with van der Waals surface area (Å²) in [6.45, 7) is -0.638. The molecule has 37 heavy (non-hydrogen) atoms. The highest BCUT2D eigenvalue weighted by molar-refractivity contribution is 6.31. The number of hydrazine groups is 1. The Hall–Kier alpha value is -5.26. The number of methoxy groups -OCH3 is 1. The summed E-state index contributed by atoms with van der Waals surface area (Å²) in [5, 5.41) is 15.3.